The second-order valence-electron chi connectivity index (χ2n) is 8.15. The third-order valence-electron chi connectivity index (χ3n) is 5.88. The summed E-state index contributed by atoms with van der Waals surface area (Å²) < 4.78 is 5.44. The number of benzene rings is 3. The van der Waals surface area contributed by atoms with Gasteiger partial charge in [0.15, 0.2) is 0 Å². The topological polar surface area (TPSA) is 105 Å². The molecular formula is C27H26N2O5. The fourth-order valence-corrected chi connectivity index (χ4v) is 4.24. The first kappa shape index (κ1) is 23.0. The van der Waals surface area contributed by atoms with Gasteiger partial charge in [-0.05, 0) is 27.8 Å². The van der Waals surface area contributed by atoms with Crippen molar-refractivity contribution in [3.8, 4) is 11.1 Å². The second kappa shape index (κ2) is 10.7. The van der Waals surface area contributed by atoms with Gasteiger partial charge in [-0.1, -0.05) is 78.9 Å². The first-order valence-electron chi connectivity index (χ1n) is 11.2. The number of aliphatic carboxylic acids is 1. The highest BCUT2D eigenvalue weighted by molar-refractivity contribution is 5.84. The van der Waals surface area contributed by atoms with Crippen LogP contribution in [0.5, 0.6) is 0 Å². The molecule has 0 saturated heterocycles. The van der Waals surface area contributed by atoms with E-state index in [4.69, 9.17) is 4.74 Å². The van der Waals surface area contributed by atoms with E-state index in [0.29, 0.717) is 0 Å². The summed E-state index contributed by atoms with van der Waals surface area (Å²) in [6.07, 6.45) is -0.487. The van der Waals surface area contributed by atoms with Crippen LogP contribution in [0.25, 0.3) is 11.1 Å². The van der Waals surface area contributed by atoms with Gasteiger partial charge in [0.2, 0.25) is 5.91 Å². The predicted molar refractivity (Wildman–Crippen MR) is 127 cm³/mol. The number of carbonyl (C=O) groups is 3. The van der Waals surface area contributed by atoms with Crippen molar-refractivity contribution in [1.29, 1.82) is 0 Å². The Morgan fingerprint density at radius 2 is 1.44 bits per heavy atom. The van der Waals surface area contributed by atoms with Crippen LogP contribution in [-0.4, -0.2) is 42.3 Å². The summed E-state index contributed by atoms with van der Waals surface area (Å²) in [7, 11) is 0. The molecule has 1 unspecified atom stereocenters. The minimum atomic E-state index is -1.11. The Kier molecular flexibility index (Phi) is 7.22. The molecule has 1 aliphatic rings. The van der Waals surface area contributed by atoms with Crippen molar-refractivity contribution in [2.24, 2.45) is 0 Å². The van der Waals surface area contributed by atoms with Gasteiger partial charge in [-0.2, -0.15) is 0 Å². The summed E-state index contributed by atoms with van der Waals surface area (Å²) >= 11 is 0. The molecular weight excluding hydrogens is 432 g/mol. The lowest BCUT2D eigenvalue weighted by atomic mass is 9.98. The van der Waals surface area contributed by atoms with Gasteiger partial charge in [0.1, 0.15) is 12.6 Å². The average molecular weight is 459 g/mol. The standard InChI is InChI=1S/C27H26N2O5/c30-25(29-24(26(31)32)16-18-8-2-1-3-9-18)14-15-28-27(33)34-17-23-21-12-6-4-10-19(21)20-11-5-7-13-22(20)23/h1-13,23-24H,14-17H2,(H,28,33)(H,29,30)(H,31,32). The molecule has 0 aliphatic heterocycles. The van der Waals surface area contributed by atoms with Crippen molar-refractivity contribution in [1.82, 2.24) is 10.6 Å². The van der Waals surface area contributed by atoms with Gasteiger partial charge < -0.3 is 20.5 Å². The van der Waals surface area contributed by atoms with Crippen LogP contribution in [0, 0.1) is 0 Å². The number of amides is 2. The summed E-state index contributed by atoms with van der Waals surface area (Å²) in [5.41, 5.74) is 5.34. The zero-order valence-electron chi connectivity index (χ0n) is 18.6. The average Bonchev–Trinajstić information content (AvgIpc) is 3.16. The van der Waals surface area contributed by atoms with E-state index in [0.717, 1.165) is 27.8 Å². The Bertz CT molecular complexity index is 1130. The fourth-order valence-electron chi connectivity index (χ4n) is 4.24. The normalized spacial score (nSPS) is 12.8. The zero-order valence-corrected chi connectivity index (χ0v) is 18.6. The number of carboxylic acid groups (broad SMARTS) is 1. The van der Waals surface area contributed by atoms with Crippen molar-refractivity contribution < 1.29 is 24.2 Å². The lowest BCUT2D eigenvalue weighted by Gasteiger charge is -2.16. The van der Waals surface area contributed by atoms with E-state index < -0.39 is 24.0 Å². The molecule has 3 aromatic rings. The highest BCUT2D eigenvalue weighted by atomic mass is 16.5. The first-order valence-corrected chi connectivity index (χ1v) is 11.2. The number of alkyl carbamates (subject to hydrolysis) is 1. The lowest BCUT2D eigenvalue weighted by molar-refractivity contribution is -0.141. The number of nitrogens with one attached hydrogen (secondary N) is 2. The van der Waals surface area contributed by atoms with Gasteiger partial charge >= 0.3 is 12.1 Å². The van der Waals surface area contributed by atoms with Gasteiger partial charge in [-0.15, -0.1) is 0 Å². The molecule has 7 heteroatoms. The number of ether oxygens (including phenoxy) is 1. The first-order chi connectivity index (χ1) is 16.5. The molecule has 1 aliphatic carbocycles. The highest BCUT2D eigenvalue weighted by Gasteiger charge is 2.29. The van der Waals surface area contributed by atoms with Crippen LogP contribution in [0.4, 0.5) is 4.79 Å². The monoisotopic (exact) mass is 458 g/mol. The van der Waals surface area contributed by atoms with E-state index in [1.165, 1.54) is 0 Å². The molecule has 0 aromatic heterocycles. The maximum atomic E-state index is 12.2. The minimum Gasteiger partial charge on any atom is -0.480 e. The molecule has 3 aromatic carbocycles. The molecule has 4 rings (SSSR count). The largest absolute Gasteiger partial charge is 0.480 e. The predicted octanol–water partition coefficient (Wildman–Crippen LogP) is 3.73. The number of fused-ring (bicyclic) bond motifs is 3. The molecule has 34 heavy (non-hydrogen) atoms. The van der Waals surface area contributed by atoms with Gasteiger partial charge in [-0.3, -0.25) is 4.79 Å². The number of hydrogen-bond acceptors (Lipinski definition) is 4. The molecule has 1 atom stereocenters. The summed E-state index contributed by atoms with van der Waals surface area (Å²) in [4.78, 5) is 35.9. The van der Waals surface area contributed by atoms with E-state index in [1.807, 2.05) is 54.6 Å². The van der Waals surface area contributed by atoms with E-state index in [2.05, 4.69) is 22.8 Å². The zero-order chi connectivity index (χ0) is 23.9. The van der Waals surface area contributed by atoms with Crippen LogP contribution < -0.4 is 10.6 Å². The van der Waals surface area contributed by atoms with E-state index in [-0.39, 0.29) is 31.9 Å². The smallest absolute Gasteiger partial charge is 0.407 e. The van der Waals surface area contributed by atoms with Crippen LogP contribution >= 0.6 is 0 Å². The number of carboxylic acids is 1. The summed E-state index contributed by atoms with van der Waals surface area (Å²) in [5, 5.41) is 14.5. The summed E-state index contributed by atoms with van der Waals surface area (Å²) in [6, 6.07) is 24.2. The van der Waals surface area contributed by atoms with Crippen molar-refractivity contribution in [2.45, 2.75) is 24.8 Å². The van der Waals surface area contributed by atoms with Crippen LogP contribution in [0.2, 0.25) is 0 Å². The van der Waals surface area contributed by atoms with Crippen molar-refractivity contribution in [3.63, 3.8) is 0 Å². The SMILES string of the molecule is O=C(CCNC(=O)OCC1c2ccccc2-c2ccccc21)NC(Cc1ccccc1)C(=O)O. The van der Waals surface area contributed by atoms with Crippen molar-refractivity contribution in [3.05, 3.63) is 95.6 Å². The molecule has 0 saturated carbocycles. The maximum Gasteiger partial charge on any atom is 0.407 e. The molecule has 0 spiro atoms. The Balaban J connectivity index is 1.24. The molecule has 3 N–H and O–H groups in total. The Labute approximate surface area is 197 Å². The van der Waals surface area contributed by atoms with Gasteiger partial charge in [0.05, 0.1) is 0 Å². The summed E-state index contributed by atoms with van der Waals surface area (Å²) in [5.74, 6) is -1.61. The lowest BCUT2D eigenvalue weighted by Crippen LogP contribution is -2.43. The third kappa shape index (κ3) is 5.43. The van der Waals surface area contributed by atoms with E-state index in [1.54, 1.807) is 12.1 Å². The van der Waals surface area contributed by atoms with Gasteiger partial charge in [-0.25, -0.2) is 9.59 Å². The molecule has 0 bridgehead atoms. The summed E-state index contributed by atoms with van der Waals surface area (Å²) in [6.45, 7) is 0.227. The molecule has 7 nitrogen and oxygen atoms in total. The Hall–Kier alpha value is -4.13. The molecule has 0 radical (unpaired) electrons. The molecule has 0 heterocycles. The fraction of sp³-hybridized carbons (Fsp3) is 0.222. The number of hydrogen-bond donors (Lipinski definition) is 3. The van der Waals surface area contributed by atoms with Crippen LogP contribution in [0.3, 0.4) is 0 Å². The molecule has 2 amide bonds. The van der Waals surface area contributed by atoms with Crippen molar-refractivity contribution in [2.75, 3.05) is 13.2 Å². The van der Waals surface area contributed by atoms with Crippen molar-refractivity contribution >= 4 is 18.0 Å². The van der Waals surface area contributed by atoms with Crippen LogP contribution in [-0.2, 0) is 20.7 Å². The Morgan fingerprint density at radius 3 is 2.06 bits per heavy atom. The van der Waals surface area contributed by atoms with Crippen LogP contribution in [0.1, 0.15) is 29.0 Å². The maximum absolute atomic E-state index is 12.2. The quantitative estimate of drug-likeness (QED) is 0.453. The van der Waals surface area contributed by atoms with E-state index >= 15 is 0 Å². The number of rotatable bonds is 9. The third-order valence-corrected chi connectivity index (χ3v) is 5.88. The highest BCUT2D eigenvalue weighted by Crippen LogP contribution is 2.44. The molecule has 174 valence electrons. The van der Waals surface area contributed by atoms with Gasteiger partial charge in [0, 0.05) is 25.3 Å². The minimum absolute atomic E-state index is 0.0418. The van der Waals surface area contributed by atoms with Gasteiger partial charge in [0.25, 0.3) is 0 Å². The Morgan fingerprint density at radius 1 is 0.853 bits per heavy atom. The number of carbonyl (C=O) groups excluding carboxylic acids is 2. The van der Waals surface area contributed by atoms with E-state index in [9.17, 15) is 19.5 Å². The van der Waals surface area contributed by atoms with Crippen LogP contribution in [0.15, 0.2) is 78.9 Å². The second-order valence-corrected chi connectivity index (χ2v) is 8.15. The molecule has 0 fully saturated rings.